The van der Waals surface area contributed by atoms with Crippen LogP contribution in [0, 0.1) is 11.7 Å². The van der Waals surface area contributed by atoms with E-state index in [4.69, 9.17) is 4.74 Å². The lowest BCUT2D eigenvalue weighted by molar-refractivity contribution is -0.144. The number of aliphatic carboxylic acids is 1. The maximum atomic E-state index is 13.4. The smallest absolute Gasteiger partial charge is 0.308 e. The maximum absolute atomic E-state index is 13.4. The molecule has 1 aliphatic rings. The van der Waals surface area contributed by atoms with Gasteiger partial charge in [0.2, 0.25) is 0 Å². The van der Waals surface area contributed by atoms with Gasteiger partial charge < -0.3 is 14.7 Å². The fourth-order valence-corrected chi connectivity index (χ4v) is 2.76. The molecule has 1 aliphatic heterocycles. The van der Waals surface area contributed by atoms with Crippen molar-refractivity contribution in [3.63, 3.8) is 0 Å². The van der Waals surface area contributed by atoms with E-state index in [-0.39, 0.29) is 11.3 Å². The summed E-state index contributed by atoms with van der Waals surface area (Å²) in [6, 6.07) is 3.30. The van der Waals surface area contributed by atoms with Crippen molar-refractivity contribution in [2.24, 2.45) is 5.92 Å². The second kappa shape index (κ2) is 6.11. The third kappa shape index (κ3) is 2.99. The molecule has 0 spiro atoms. The van der Waals surface area contributed by atoms with Crippen LogP contribution in [-0.4, -0.2) is 41.6 Å². The zero-order valence-electron chi connectivity index (χ0n) is 12.0. The van der Waals surface area contributed by atoms with Gasteiger partial charge in [-0.05, 0) is 38.0 Å². The Labute approximate surface area is 122 Å². The number of halogens is 1. The fraction of sp³-hybridized carbons (Fsp3) is 0.467. The van der Waals surface area contributed by atoms with E-state index < -0.39 is 29.7 Å². The van der Waals surface area contributed by atoms with Crippen LogP contribution < -0.4 is 4.74 Å². The van der Waals surface area contributed by atoms with Crippen LogP contribution in [0.25, 0.3) is 0 Å². The largest absolute Gasteiger partial charge is 0.496 e. The van der Waals surface area contributed by atoms with Crippen LogP contribution in [0.2, 0.25) is 0 Å². The Morgan fingerprint density at radius 3 is 2.76 bits per heavy atom. The summed E-state index contributed by atoms with van der Waals surface area (Å²) in [4.78, 5) is 25.3. The molecule has 1 aromatic carbocycles. The standard InChI is InChI=1S/C15H18FNO4/c1-9-11(15(19)20)4-3-7-17(9)14(18)12-8-10(16)5-6-13(12)21-2/h5-6,8-9,11H,3-4,7H2,1-2H3,(H,19,20)/t9-,11-/m0/s1. The molecular formula is C15H18FNO4. The molecule has 0 saturated carbocycles. The monoisotopic (exact) mass is 295 g/mol. The van der Waals surface area contributed by atoms with Gasteiger partial charge in [-0.25, -0.2) is 4.39 Å². The number of carbonyl (C=O) groups is 2. The van der Waals surface area contributed by atoms with Crippen molar-refractivity contribution in [3.8, 4) is 5.75 Å². The van der Waals surface area contributed by atoms with Crippen LogP contribution in [0.15, 0.2) is 18.2 Å². The number of hydrogen-bond donors (Lipinski definition) is 1. The van der Waals surface area contributed by atoms with E-state index in [2.05, 4.69) is 0 Å². The molecule has 2 atom stereocenters. The van der Waals surface area contributed by atoms with E-state index in [0.29, 0.717) is 19.4 Å². The van der Waals surface area contributed by atoms with Crippen molar-refractivity contribution < 1.29 is 23.8 Å². The molecule has 1 fully saturated rings. The summed E-state index contributed by atoms with van der Waals surface area (Å²) in [7, 11) is 1.41. The van der Waals surface area contributed by atoms with Gasteiger partial charge in [-0.3, -0.25) is 9.59 Å². The Morgan fingerprint density at radius 1 is 1.43 bits per heavy atom. The van der Waals surface area contributed by atoms with E-state index in [0.717, 1.165) is 6.07 Å². The number of nitrogens with zero attached hydrogens (tertiary/aromatic N) is 1. The van der Waals surface area contributed by atoms with Gasteiger partial charge in [0.05, 0.1) is 18.6 Å². The molecular weight excluding hydrogens is 277 g/mol. The third-order valence-corrected chi connectivity index (χ3v) is 3.96. The van der Waals surface area contributed by atoms with Gasteiger partial charge >= 0.3 is 5.97 Å². The third-order valence-electron chi connectivity index (χ3n) is 3.96. The highest BCUT2D eigenvalue weighted by atomic mass is 19.1. The summed E-state index contributed by atoms with van der Waals surface area (Å²) in [5.74, 6) is -2.15. The molecule has 2 rings (SSSR count). The Balaban J connectivity index is 2.31. The minimum absolute atomic E-state index is 0.121. The second-order valence-electron chi connectivity index (χ2n) is 5.17. The molecule has 0 radical (unpaired) electrons. The van der Waals surface area contributed by atoms with Crippen LogP contribution in [0.3, 0.4) is 0 Å². The first-order chi connectivity index (χ1) is 9.95. The van der Waals surface area contributed by atoms with Gasteiger partial charge in [0, 0.05) is 12.6 Å². The second-order valence-corrected chi connectivity index (χ2v) is 5.17. The van der Waals surface area contributed by atoms with E-state index in [1.54, 1.807) is 6.92 Å². The van der Waals surface area contributed by atoms with Gasteiger partial charge in [0.25, 0.3) is 5.91 Å². The van der Waals surface area contributed by atoms with Crippen molar-refractivity contribution in [3.05, 3.63) is 29.6 Å². The zero-order valence-corrected chi connectivity index (χ0v) is 12.0. The van der Waals surface area contributed by atoms with E-state index >= 15 is 0 Å². The Morgan fingerprint density at radius 2 is 2.14 bits per heavy atom. The van der Waals surface area contributed by atoms with Crippen LogP contribution >= 0.6 is 0 Å². The number of piperidine rings is 1. The highest BCUT2D eigenvalue weighted by Gasteiger charge is 2.36. The highest BCUT2D eigenvalue weighted by Crippen LogP contribution is 2.28. The first kappa shape index (κ1) is 15.3. The van der Waals surface area contributed by atoms with E-state index in [1.807, 2.05) is 0 Å². The molecule has 1 N–H and O–H groups in total. The van der Waals surface area contributed by atoms with Crippen molar-refractivity contribution in [2.45, 2.75) is 25.8 Å². The van der Waals surface area contributed by atoms with Gasteiger partial charge in [0.15, 0.2) is 0 Å². The Hall–Kier alpha value is -2.11. The molecule has 5 nitrogen and oxygen atoms in total. The van der Waals surface area contributed by atoms with Crippen LogP contribution in [0.1, 0.15) is 30.1 Å². The lowest BCUT2D eigenvalue weighted by atomic mass is 9.89. The number of amides is 1. The molecule has 1 amide bonds. The number of likely N-dealkylation sites (tertiary alicyclic amines) is 1. The highest BCUT2D eigenvalue weighted by molar-refractivity contribution is 5.97. The molecule has 1 aromatic rings. The van der Waals surface area contributed by atoms with E-state index in [9.17, 15) is 19.1 Å². The fourth-order valence-electron chi connectivity index (χ4n) is 2.76. The number of methoxy groups -OCH3 is 1. The Kier molecular flexibility index (Phi) is 4.45. The quantitative estimate of drug-likeness (QED) is 0.928. The summed E-state index contributed by atoms with van der Waals surface area (Å²) in [6.07, 6.45) is 1.16. The number of ether oxygens (including phenoxy) is 1. The summed E-state index contributed by atoms with van der Waals surface area (Å²) in [5.41, 5.74) is 0.121. The number of carboxylic acid groups (broad SMARTS) is 1. The van der Waals surface area contributed by atoms with Gasteiger partial charge in [-0.1, -0.05) is 0 Å². The van der Waals surface area contributed by atoms with Gasteiger partial charge in [0.1, 0.15) is 11.6 Å². The SMILES string of the molecule is COc1ccc(F)cc1C(=O)N1CCC[C@H](C(=O)O)[C@@H]1C. The Bertz CT molecular complexity index is 561. The maximum Gasteiger partial charge on any atom is 0.308 e. The summed E-state index contributed by atoms with van der Waals surface area (Å²) in [6.45, 7) is 2.17. The molecule has 6 heteroatoms. The minimum atomic E-state index is -0.911. The first-order valence-corrected chi connectivity index (χ1v) is 6.83. The molecule has 0 aromatic heterocycles. The average Bonchev–Trinajstić information content (AvgIpc) is 2.46. The van der Waals surface area contributed by atoms with Crippen LogP contribution in [-0.2, 0) is 4.79 Å². The van der Waals surface area contributed by atoms with Gasteiger partial charge in [-0.15, -0.1) is 0 Å². The van der Waals surface area contributed by atoms with E-state index in [1.165, 1.54) is 24.1 Å². The number of benzene rings is 1. The minimum Gasteiger partial charge on any atom is -0.496 e. The number of carboxylic acids is 1. The predicted octanol–water partition coefficient (Wildman–Crippen LogP) is 2.16. The van der Waals surface area contributed by atoms with Gasteiger partial charge in [-0.2, -0.15) is 0 Å². The zero-order chi connectivity index (χ0) is 15.6. The molecule has 0 unspecified atom stereocenters. The number of hydrogen-bond acceptors (Lipinski definition) is 3. The van der Waals surface area contributed by atoms with Crippen molar-refractivity contribution in [1.29, 1.82) is 0 Å². The summed E-state index contributed by atoms with van der Waals surface area (Å²) in [5, 5.41) is 9.20. The first-order valence-electron chi connectivity index (χ1n) is 6.83. The predicted molar refractivity (Wildman–Crippen MR) is 73.8 cm³/mol. The molecule has 21 heavy (non-hydrogen) atoms. The van der Waals surface area contributed by atoms with Crippen LogP contribution in [0.5, 0.6) is 5.75 Å². The lowest BCUT2D eigenvalue weighted by Crippen LogP contribution is -2.49. The molecule has 0 bridgehead atoms. The normalized spacial score (nSPS) is 22.0. The lowest BCUT2D eigenvalue weighted by Gasteiger charge is -2.37. The van der Waals surface area contributed by atoms with Crippen molar-refractivity contribution in [2.75, 3.05) is 13.7 Å². The summed E-state index contributed by atoms with van der Waals surface area (Å²) >= 11 is 0. The average molecular weight is 295 g/mol. The molecule has 0 aliphatic carbocycles. The summed E-state index contributed by atoms with van der Waals surface area (Å²) < 4.78 is 18.5. The topological polar surface area (TPSA) is 66.8 Å². The van der Waals surface area contributed by atoms with Crippen LogP contribution in [0.4, 0.5) is 4.39 Å². The molecule has 1 heterocycles. The molecule has 1 saturated heterocycles. The number of rotatable bonds is 3. The molecule has 114 valence electrons. The van der Waals surface area contributed by atoms with Crippen molar-refractivity contribution in [1.82, 2.24) is 4.90 Å². The van der Waals surface area contributed by atoms with Crippen molar-refractivity contribution >= 4 is 11.9 Å². The number of carbonyl (C=O) groups excluding carboxylic acids is 1.